The molecule has 0 saturated carbocycles. The van der Waals surface area contributed by atoms with Crippen molar-refractivity contribution in [2.45, 2.75) is 17.4 Å². The Bertz CT molecular complexity index is 1090. The fraction of sp³-hybridized carbons (Fsp3) is 0.211. The van der Waals surface area contributed by atoms with Gasteiger partial charge in [0.15, 0.2) is 0 Å². The number of thiophene rings is 2. The predicted molar refractivity (Wildman–Crippen MR) is 112 cm³/mol. The van der Waals surface area contributed by atoms with E-state index >= 15 is 0 Å². The molecule has 2 aromatic heterocycles. The zero-order valence-electron chi connectivity index (χ0n) is 14.9. The predicted octanol–water partition coefficient (Wildman–Crippen LogP) is 3.04. The number of amides is 1. The highest BCUT2D eigenvalue weighted by Gasteiger charge is 2.31. The lowest BCUT2D eigenvalue weighted by molar-refractivity contribution is -0.117. The first kappa shape index (κ1) is 19.3. The van der Waals surface area contributed by atoms with Crippen LogP contribution in [-0.2, 0) is 21.2 Å². The zero-order chi connectivity index (χ0) is 19.7. The smallest absolute Gasteiger partial charge is 0.238 e. The van der Waals surface area contributed by atoms with Crippen LogP contribution >= 0.6 is 22.7 Å². The van der Waals surface area contributed by atoms with E-state index in [1.807, 2.05) is 11.4 Å². The molecule has 146 valence electrons. The molecule has 0 fully saturated rings. The van der Waals surface area contributed by atoms with Gasteiger partial charge in [0.2, 0.25) is 15.9 Å². The molecule has 28 heavy (non-hydrogen) atoms. The number of hydrogen-bond acceptors (Lipinski definition) is 6. The van der Waals surface area contributed by atoms with Gasteiger partial charge in [-0.05, 0) is 53.1 Å². The minimum absolute atomic E-state index is 0.0253. The third-order valence-corrected chi connectivity index (χ3v) is 7.50. The molecule has 3 aromatic rings. The summed E-state index contributed by atoms with van der Waals surface area (Å²) in [6.45, 7) is 1.01. The maximum Gasteiger partial charge on any atom is 0.238 e. The van der Waals surface area contributed by atoms with Gasteiger partial charge in [0.1, 0.15) is 0 Å². The molecule has 9 heteroatoms. The number of nitrogens with one attached hydrogen (secondary N) is 1. The first-order valence-electron chi connectivity index (χ1n) is 8.68. The summed E-state index contributed by atoms with van der Waals surface area (Å²) in [6, 6.07) is 12.3. The van der Waals surface area contributed by atoms with E-state index in [0.29, 0.717) is 5.69 Å². The highest BCUT2D eigenvalue weighted by molar-refractivity contribution is 7.89. The van der Waals surface area contributed by atoms with Gasteiger partial charge in [0.05, 0.1) is 17.5 Å². The molecule has 3 N–H and O–H groups in total. The number of hydrogen-bond donors (Lipinski definition) is 2. The summed E-state index contributed by atoms with van der Waals surface area (Å²) in [5.41, 5.74) is 1.68. The normalized spacial score (nSPS) is 17.2. The molecule has 0 bridgehead atoms. The minimum atomic E-state index is -3.81. The van der Waals surface area contributed by atoms with Crippen LogP contribution in [0.1, 0.15) is 21.4 Å². The van der Waals surface area contributed by atoms with Crippen molar-refractivity contribution in [1.82, 2.24) is 4.90 Å². The number of anilines is 1. The average Bonchev–Trinajstić information content (AvgIpc) is 3.32. The van der Waals surface area contributed by atoms with Crippen molar-refractivity contribution in [2.24, 2.45) is 5.14 Å². The number of carbonyl (C=O) groups is 1. The van der Waals surface area contributed by atoms with Gasteiger partial charge in [-0.1, -0.05) is 12.1 Å². The Morgan fingerprint density at radius 1 is 1.18 bits per heavy atom. The summed E-state index contributed by atoms with van der Waals surface area (Å²) >= 11 is 3.45. The lowest BCUT2D eigenvalue weighted by Crippen LogP contribution is -2.40. The summed E-state index contributed by atoms with van der Waals surface area (Å²) in [4.78, 5) is 17.4. The second-order valence-corrected chi connectivity index (χ2v) is 10.1. The minimum Gasteiger partial charge on any atom is -0.325 e. The van der Waals surface area contributed by atoms with Crippen LogP contribution in [0.15, 0.2) is 58.1 Å². The zero-order valence-corrected chi connectivity index (χ0v) is 17.3. The summed E-state index contributed by atoms with van der Waals surface area (Å²) in [7, 11) is -3.81. The highest BCUT2D eigenvalue weighted by Crippen LogP contribution is 2.39. The largest absolute Gasteiger partial charge is 0.325 e. The highest BCUT2D eigenvalue weighted by atomic mass is 32.2. The van der Waals surface area contributed by atoms with Gasteiger partial charge < -0.3 is 5.32 Å². The number of rotatable bonds is 5. The van der Waals surface area contributed by atoms with Gasteiger partial charge in [-0.2, -0.15) is 0 Å². The number of carbonyl (C=O) groups excluding carboxylic acids is 1. The van der Waals surface area contributed by atoms with E-state index in [1.165, 1.54) is 27.5 Å². The molecular weight excluding hydrogens is 414 g/mol. The van der Waals surface area contributed by atoms with Gasteiger partial charge >= 0.3 is 0 Å². The molecular formula is C19H19N3O3S3. The van der Waals surface area contributed by atoms with Crippen molar-refractivity contribution in [3.8, 4) is 0 Å². The molecule has 3 heterocycles. The van der Waals surface area contributed by atoms with Crippen molar-refractivity contribution >= 4 is 44.3 Å². The van der Waals surface area contributed by atoms with Gasteiger partial charge in [-0.3, -0.25) is 9.69 Å². The van der Waals surface area contributed by atoms with E-state index in [0.717, 1.165) is 13.0 Å². The lowest BCUT2D eigenvalue weighted by atomic mass is 9.98. The SMILES string of the molecule is NS(=O)(=O)c1cccc(NC(=O)CN2CCc3sccc3[C@H]2c2cccs2)c1. The number of benzene rings is 1. The van der Waals surface area contributed by atoms with Crippen molar-refractivity contribution in [3.05, 3.63) is 68.5 Å². The fourth-order valence-electron chi connectivity index (χ4n) is 3.45. The average molecular weight is 434 g/mol. The van der Waals surface area contributed by atoms with Gasteiger partial charge in [-0.15, -0.1) is 22.7 Å². The van der Waals surface area contributed by atoms with Gasteiger partial charge in [0.25, 0.3) is 0 Å². The summed E-state index contributed by atoms with van der Waals surface area (Å²) in [5.74, 6) is -0.188. The molecule has 0 radical (unpaired) electrons. The van der Waals surface area contributed by atoms with Crippen LogP contribution in [0.2, 0.25) is 0 Å². The molecule has 0 unspecified atom stereocenters. The topological polar surface area (TPSA) is 92.5 Å². The quantitative estimate of drug-likeness (QED) is 0.647. The van der Waals surface area contributed by atoms with Crippen molar-refractivity contribution < 1.29 is 13.2 Å². The van der Waals surface area contributed by atoms with Crippen molar-refractivity contribution in [2.75, 3.05) is 18.4 Å². The number of sulfonamides is 1. The molecule has 1 aromatic carbocycles. The van der Waals surface area contributed by atoms with E-state index < -0.39 is 10.0 Å². The summed E-state index contributed by atoms with van der Waals surface area (Å²) in [6.07, 6.45) is 0.920. The van der Waals surface area contributed by atoms with Gasteiger partial charge in [-0.25, -0.2) is 13.6 Å². The Balaban J connectivity index is 1.53. The van der Waals surface area contributed by atoms with Crippen LogP contribution in [0.5, 0.6) is 0 Å². The van der Waals surface area contributed by atoms with E-state index in [2.05, 4.69) is 27.7 Å². The molecule has 1 atom stereocenters. The standard InChI is InChI=1S/C19H19N3O3S3/c20-28(24,25)14-4-1-3-13(11-14)21-18(23)12-22-8-6-16-15(7-10-27-16)19(22)17-5-2-9-26-17/h1-5,7,9-11,19H,6,8,12H2,(H,21,23)(H2,20,24,25)/t19-/m0/s1. The number of fused-ring (bicyclic) bond motifs is 1. The first-order valence-corrected chi connectivity index (χ1v) is 12.0. The second kappa shape index (κ2) is 7.76. The molecule has 6 nitrogen and oxygen atoms in total. The lowest BCUT2D eigenvalue weighted by Gasteiger charge is -2.34. The Morgan fingerprint density at radius 2 is 2.04 bits per heavy atom. The molecule has 0 saturated heterocycles. The third kappa shape index (κ3) is 4.03. The van der Waals surface area contributed by atoms with Crippen LogP contribution in [-0.4, -0.2) is 32.3 Å². The fourth-order valence-corrected chi connectivity index (χ4v) is 5.79. The van der Waals surface area contributed by atoms with Crippen molar-refractivity contribution in [3.63, 3.8) is 0 Å². The molecule has 1 aliphatic heterocycles. The number of nitrogens with zero attached hydrogens (tertiary/aromatic N) is 1. The summed E-state index contributed by atoms with van der Waals surface area (Å²) < 4.78 is 23.0. The maximum atomic E-state index is 12.7. The summed E-state index contributed by atoms with van der Waals surface area (Å²) in [5, 5.41) is 12.1. The van der Waals surface area contributed by atoms with E-state index in [4.69, 9.17) is 5.14 Å². The number of nitrogens with two attached hydrogens (primary N) is 1. The molecule has 1 aliphatic rings. The number of primary sulfonamides is 1. The van der Waals surface area contributed by atoms with Gasteiger partial charge in [0, 0.05) is 22.0 Å². The van der Waals surface area contributed by atoms with Crippen LogP contribution in [0.4, 0.5) is 5.69 Å². The van der Waals surface area contributed by atoms with Crippen LogP contribution in [0.25, 0.3) is 0 Å². The maximum absolute atomic E-state index is 12.7. The van der Waals surface area contributed by atoms with E-state index in [1.54, 1.807) is 34.8 Å². The Morgan fingerprint density at radius 3 is 2.79 bits per heavy atom. The van der Waals surface area contributed by atoms with E-state index in [9.17, 15) is 13.2 Å². The molecule has 4 rings (SSSR count). The van der Waals surface area contributed by atoms with Crippen LogP contribution in [0, 0.1) is 0 Å². The van der Waals surface area contributed by atoms with Crippen LogP contribution in [0.3, 0.4) is 0 Å². The first-order chi connectivity index (χ1) is 13.4. The molecule has 0 aliphatic carbocycles. The van der Waals surface area contributed by atoms with Crippen molar-refractivity contribution in [1.29, 1.82) is 0 Å². The second-order valence-electron chi connectivity index (χ2n) is 6.56. The van der Waals surface area contributed by atoms with Crippen LogP contribution < -0.4 is 10.5 Å². The molecule has 0 spiro atoms. The Hall–Kier alpha value is -2.04. The molecule has 1 amide bonds. The van der Waals surface area contributed by atoms with E-state index in [-0.39, 0.29) is 23.4 Å². The Labute approximate surface area is 171 Å². The monoisotopic (exact) mass is 433 g/mol. The third-order valence-electron chi connectivity index (χ3n) is 4.67. The Kier molecular flexibility index (Phi) is 5.35.